The van der Waals surface area contributed by atoms with Crippen LogP contribution in [-0.4, -0.2) is 21.1 Å². The van der Waals surface area contributed by atoms with E-state index in [1.165, 1.54) is 6.21 Å². The van der Waals surface area contributed by atoms with Gasteiger partial charge in [0.05, 0.1) is 0 Å². The number of rotatable bonds is 3. The van der Waals surface area contributed by atoms with Gasteiger partial charge in [0.1, 0.15) is 5.69 Å². The molecule has 0 aliphatic heterocycles. The number of benzene rings is 1. The van der Waals surface area contributed by atoms with Crippen LogP contribution >= 0.6 is 12.2 Å². The Labute approximate surface area is 114 Å². The van der Waals surface area contributed by atoms with Crippen LogP contribution in [0.3, 0.4) is 0 Å². The zero-order valence-electron chi connectivity index (χ0n) is 10.3. The Balaban J connectivity index is 2.21. The number of aromatic amines is 1. The molecule has 0 bridgehead atoms. The molecule has 0 fully saturated rings. The minimum atomic E-state index is -0.326. The number of hydrogen-bond donors (Lipinski definition) is 1. The summed E-state index contributed by atoms with van der Waals surface area (Å²) in [6.07, 6.45) is 5.14. The first-order valence-electron chi connectivity index (χ1n) is 5.63. The second-order valence-electron chi connectivity index (χ2n) is 3.77. The molecule has 1 aromatic carbocycles. The number of nitrogens with zero attached hydrogens (tertiary/aromatic N) is 3. The molecule has 0 aliphatic rings. The fourth-order valence-electron chi connectivity index (χ4n) is 1.40. The number of nitrogens with one attached hydrogen (secondary N) is 1. The van der Waals surface area contributed by atoms with Gasteiger partial charge in [-0.1, -0.05) is 36.4 Å². The molecule has 19 heavy (non-hydrogen) atoms. The van der Waals surface area contributed by atoms with E-state index in [2.05, 4.69) is 15.3 Å². The number of aromatic nitrogens is 3. The second-order valence-corrected chi connectivity index (χ2v) is 4.15. The van der Waals surface area contributed by atoms with Crippen molar-refractivity contribution in [1.29, 1.82) is 0 Å². The molecule has 0 atom stereocenters. The fourth-order valence-corrected chi connectivity index (χ4v) is 1.58. The van der Waals surface area contributed by atoms with Gasteiger partial charge in [0.2, 0.25) is 4.77 Å². The Kier molecular flexibility index (Phi) is 4.15. The lowest BCUT2D eigenvalue weighted by Crippen LogP contribution is -2.22. The van der Waals surface area contributed by atoms with Crippen molar-refractivity contribution < 1.29 is 0 Å². The van der Waals surface area contributed by atoms with Crippen LogP contribution in [0.4, 0.5) is 0 Å². The van der Waals surface area contributed by atoms with E-state index in [-0.39, 0.29) is 10.3 Å². The van der Waals surface area contributed by atoms with Gasteiger partial charge in [-0.3, -0.25) is 9.89 Å². The lowest BCUT2D eigenvalue weighted by Gasteiger charge is -1.97. The van der Waals surface area contributed by atoms with Crippen molar-refractivity contribution in [3.8, 4) is 0 Å². The average molecular weight is 272 g/mol. The van der Waals surface area contributed by atoms with Crippen molar-refractivity contribution in [2.24, 2.45) is 5.10 Å². The van der Waals surface area contributed by atoms with Gasteiger partial charge in [0.15, 0.2) is 0 Å². The SMILES string of the molecule is Cc1n[nH]c(=S)n(/N=C\C=C\c2ccccc2)c1=O. The van der Waals surface area contributed by atoms with Gasteiger partial charge < -0.3 is 0 Å². The van der Waals surface area contributed by atoms with Crippen LogP contribution in [0.1, 0.15) is 11.3 Å². The Morgan fingerprint density at radius 3 is 2.84 bits per heavy atom. The summed E-state index contributed by atoms with van der Waals surface area (Å²) >= 11 is 4.95. The summed E-state index contributed by atoms with van der Waals surface area (Å²) in [5.74, 6) is 0. The monoisotopic (exact) mass is 272 g/mol. The topological polar surface area (TPSA) is 63.0 Å². The van der Waals surface area contributed by atoms with Gasteiger partial charge >= 0.3 is 0 Å². The van der Waals surface area contributed by atoms with Crippen LogP contribution < -0.4 is 5.56 Å². The number of H-pyrrole nitrogens is 1. The number of aryl methyl sites for hydroxylation is 1. The minimum Gasteiger partial charge on any atom is -0.265 e. The fraction of sp³-hybridized carbons (Fsp3) is 0.0769. The lowest BCUT2D eigenvalue weighted by atomic mass is 10.2. The van der Waals surface area contributed by atoms with Crippen LogP contribution in [0.2, 0.25) is 0 Å². The third-order valence-electron chi connectivity index (χ3n) is 2.37. The van der Waals surface area contributed by atoms with Crippen molar-refractivity contribution in [2.75, 3.05) is 0 Å². The van der Waals surface area contributed by atoms with Crippen LogP contribution in [0.25, 0.3) is 6.08 Å². The number of hydrogen-bond acceptors (Lipinski definition) is 4. The third kappa shape index (κ3) is 3.32. The normalized spacial score (nSPS) is 11.4. The smallest absolute Gasteiger partial charge is 0.265 e. The van der Waals surface area contributed by atoms with Crippen molar-refractivity contribution in [1.82, 2.24) is 14.9 Å². The molecule has 2 aromatic rings. The predicted octanol–water partition coefficient (Wildman–Crippen LogP) is 2.16. The van der Waals surface area contributed by atoms with Crippen molar-refractivity contribution >= 4 is 24.5 Å². The van der Waals surface area contributed by atoms with E-state index in [4.69, 9.17) is 12.2 Å². The van der Waals surface area contributed by atoms with E-state index < -0.39 is 0 Å². The van der Waals surface area contributed by atoms with E-state index in [9.17, 15) is 4.79 Å². The maximum atomic E-state index is 11.7. The maximum Gasteiger partial charge on any atom is 0.296 e. The van der Waals surface area contributed by atoms with E-state index in [0.717, 1.165) is 10.2 Å². The Hall–Kier alpha value is -2.34. The molecule has 2 rings (SSSR count). The van der Waals surface area contributed by atoms with E-state index in [0.29, 0.717) is 5.69 Å². The summed E-state index contributed by atoms with van der Waals surface area (Å²) in [5.41, 5.74) is 1.04. The standard InChI is InChI=1S/C13H12N4OS/c1-10-12(18)17(13(19)16-15-10)14-9-5-8-11-6-3-2-4-7-11/h2-9H,1H3,(H,16,19)/b8-5+,14-9-. The van der Waals surface area contributed by atoms with Gasteiger partial charge in [-0.05, 0) is 30.8 Å². The van der Waals surface area contributed by atoms with Crippen LogP contribution in [-0.2, 0) is 0 Å². The molecule has 0 saturated heterocycles. The average Bonchev–Trinajstić information content (AvgIpc) is 2.43. The summed E-state index contributed by atoms with van der Waals surface area (Å²) in [6, 6.07) is 9.79. The second kappa shape index (κ2) is 6.01. The molecule has 1 aromatic heterocycles. The summed E-state index contributed by atoms with van der Waals surface area (Å²) in [7, 11) is 0. The lowest BCUT2D eigenvalue weighted by molar-refractivity contribution is 0.721. The van der Waals surface area contributed by atoms with Gasteiger partial charge in [0.25, 0.3) is 5.56 Å². The molecule has 0 aliphatic carbocycles. The van der Waals surface area contributed by atoms with Gasteiger partial charge in [-0.2, -0.15) is 14.9 Å². The predicted molar refractivity (Wildman–Crippen MR) is 77.8 cm³/mol. The molecule has 0 radical (unpaired) electrons. The number of allylic oxidation sites excluding steroid dienone is 1. The third-order valence-corrected chi connectivity index (χ3v) is 2.63. The van der Waals surface area contributed by atoms with Crippen LogP contribution in [0.5, 0.6) is 0 Å². The maximum absolute atomic E-state index is 11.7. The molecule has 0 saturated carbocycles. The summed E-state index contributed by atoms with van der Waals surface area (Å²) in [5, 5.41) is 10.3. The zero-order chi connectivity index (χ0) is 13.7. The zero-order valence-corrected chi connectivity index (χ0v) is 11.1. The van der Waals surface area contributed by atoms with E-state index in [1.807, 2.05) is 36.4 Å². The summed E-state index contributed by atoms with van der Waals surface area (Å²) in [6.45, 7) is 1.60. The molecule has 0 spiro atoms. The molecular formula is C13H12N4OS. The molecule has 96 valence electrons. The molecule has 1 N–H and O–H groups in total. The largest absolute Gasteiger partial charge is 0.296 e. The van der Waals surface area contributed by atoms with Crippen molar-refractivity contribution in [3.05, 3.63) is 62.8 Å². The molecule has 5 nitrogen and oxygen atoms in total. The quantitative estimate of drug-likeness (QED) is 0.688. The first-order valence-corrected chi connectivity index (χ1v) is 6.04. The summed E-state index contributed by atoms with van der Waals surface area (Å²) < 4.78 is 1.27. The highest BCUT2D eigenvalue weighted by atomic mass is 32.1. The molecule has 6 heteroatoms. The first kappa shape index (κ1) is 13.1. The molecule has 0 unspecified atom stereocenters. The Bertz CT molecular complexity index is 728. The van der Waals surface area contributed by atoms with Gasteiger partial charge in [-0.25, -0.2) is 0 Å². The van der Waals surface area contributed by atoms with Crippen molar-refractivity contribution in [3.63, 3.8) is 0 Å². The van der Waals surface area contributed by atoms with Crippen molar-refractivity contribution in [2.45, 2.75) is 6.92 Å². The first-order chi connectivity index (χ1) is 9.18. The van der Waals surface area contributed by atoms with Crippen LogP contribution in [0, 0.1) is 11.7 Å². The highest BCUT2D eigenvalue weighted by Gasteiger charge is 1.99. The van der Waals surface area contributed by atoms with E-state index in [1.54, 1.807) is 13.0 Å². The molecule has 1 heterocycles. The van der Waals surface area contributed by atoms with Gasteiger partial charge in [-0.15, -0.1) is 0 Å². The highest BCUT2D eigenvalue weighted by Crippen LogP contribution is 1.99. The Morgan fingerprint density at radius 1 is 1.37 bits per heavy atom. The van der Waals surface area contributed by atoms with E-state index >= 15 is 0 Å². The highest BCUT2D eigenvalue weighted by molar-refractivity contribution is 7.71. The Morgan fingerprint density at radius 2 is 2.11 bits per heavy atom. The molecule has 0 amide bonds. The van der Waals surface area contributed by atoms with Gasteiger partial charge in [0, 0.05) is 6.21 Å². The minimum absolute atomic E-state index is 0.167. The summed E-state index contributed by atoms with van der Waals surface area (Å²) in [4.78, 5) is 11.7. The molecular weight excluding hydrogens is 260 g/mol. The van der Waals surface area contributed by atoms with Crippen LogP contribution in [0.15, 0.2) is 46.3 Å².